The number of rotatable bonds is 4. The maximum absolute atomic E-state index is 11.3. The van der Waals surface area contributed by atoms with Gasteiger partial charge >= 0.3 is 0 Å². The summed E-state index contributed by atoms with van der Waals surface area (Å²) in [5.41, 5.74) is 6.56. The van der Waals surface area contributed by atoms with Gasteiger partial charge in [0.05, 0.1) is 0 Å². The molecule has 0 amide bonds. The van der Waals surface area contributed by atoms with Gasteiger partial charge in [-0.3, -0.25) is 0 Å². The lowest BCUT2D eigenvalue weighted by atomic mass is 10.1. The standard InChI is InChI=1S/C10H17N3O2S/c1-7(11)4-9-5-12-10(13-6-9)8(2)16(3,14)15/h5-8H,4,11H2,1-3H3. The first-order valence-corrected chi connectivity index (χ1v) is 7.01. The Balaban J connectivity index is 2.87. The smallest absolute Gasteiger partial charge is 0.157 e. The van der Waals surface area contributed by atoms with Crippen LogP contribution in [0.1, 0.15) is 30.5 Å². The summed E-state index contributed by atoms with van der Waals surface area (Å²) in [6.07, 6.45) is 5.13. The first-order valence-electron chi connectivity index (χ1n) is 5.06. The van der Waals surface area contributed by atoms with Gasteiger partial charge in [-0.1, -0.05) is 0 Å². The molecule has 2 atom stereocenters. The molecule has 0 saturated heterocycles. The molecule has 0 aliphatic carbocycles. The predicted octanol–water partition coefficient (Wildman–Crippen LogP) is 0.472. The minimum Gasteiger partial charge on any atom is -0.328 e. The van der Waals surface area contributed by atoms with Gasteiger partial charge in [0.2, 0.25) is 0 Å². The average molecular weight is 243 g/mol. The van der Waals surface area contributed by atoms with Crippen LogP contribution in [0.25, 0.3) is 0 Å². The molecule has 2 unspecified atom stereocenters. The Hall–Kier alpha value is -1.01. The van der Waals surface area contributed by atoms with E-state index < -0.39 is 15.1 Å². The van der Waals surface area contributed by atoms with Gasteiger partial charge in [-0.05, 0) is 25.8 Å². The molecule has 6 heteroatoms. The van der Waals surface area contributed by atoms with E-state index in [9.17, 15) is 8.42 Å². The summed E-state index contributed by atoms with van der Waals surface area (Å²) in [6, 6.07) is 0.0433. The second-order valence-electron chi connectivity index (χ2n) is 4.10. The van der Waals surface area contributed by atoms with Crippen LogP contribution < -0.4 is 5.73 Å². The van der Waals surface area contributed by atoms with Crippen LogP contribution in [0.5, 0.6) is 0 Å². The highest BCUT2D eigenvalue weighted by Crippen LogP contribution is 2.16. The van der Waals surface area contributed by atoms with Crippen molar-refractivity contribution in [2.24, 2.45) is 5.73 Å². The van der Waals surface area contributed by atoms with Crippen LogP contribution in [-0.2, 0) is 16.3 Å². The van der Waals surface area contributed by atoms with Crippen LogP contribution in [-0.4, -0.2) is 30.7 Å². The van der Waals surface area contributed by atoms with Gasteiger partial charge in [-0.15, -0.1) is 0 Å². The van der Waals surface area contributed by atoms with Gasteiger partial charge in [0.15, 0.2) is 9.84 Å². The molecule has 90 valence electrons. The van der Waals surface area contributed by atoms with Gasteiger partial charge in [-0.25, -0.2) is 18.4 Å². The van der Waals surface area contributed by atoms with Crippen LogP contribution in [0, 0.1) is 0 Å². The Morgan fingerprint density at radius 1 is 1.31 bits per heavy atom. The Morgan fingerprint density at radius 2 is 1.81 bits per heavy atom. The van der Waals surface area contributed by atoms with Crippen molar-refractivity contribution in [3.63, 3.8) is 0 Å². The third-order valence-electron chi connectivity index (χ3n) is 2.29. The van der Waals surface area contributed by atoms with E-state index in [4.69, 9.17) is 5.73 Å². The molecule has 0 saturated carbocycles. The van der Waals surface area contributed by atoms with Gasteiger partial charge in [0, 0.05) is 24.7 Å². The molecule has 1 aromatic heterocycles. The molecule has 0 bridgehead atoms. The SMILES string of the molecule is CC(N)Cc1cnc(C(C)S(C)(=O)=O)nc1. The zero-order valence-corrected chi connectivity index (χ0v) is 10.5. The second kappa shape index (κ2) is 4.88. The van der Waals surface area contributed by atoms with Crippen LogP contribution >= 0.6 is 0 Å². The van der Waals surface area contributed by atoms with Gasteiger partial charge in [0.1, 0.15) is 11.1 Å². The summed E-state index contributed by atoms with van der Waals surface area (Å²) >= 11 is 0. The first-order chi connectivity index (χ1) is 7.30. The summed E-state index contributed by atoms with van der Waals surface area (Å²) in [5, 5.41) is -0.670. The van der Waals surface area contributed by atoms with E-state index in [-0.39, 0.29) is 6.04 Å². The Bertz CT molecular complexity index is 440. The van der Waals surface area contributed by atoms with Crippen LogP contribution in [0.15, 0.2) is 12.4 Å². The van der Waals surface area contributed by atoms with Crippen molar-refractivity contribution in [2.75, 3.05) is 6.26 Å². The van der Waals surface area contributed by atoms with Crippen LogP contribution in [0.3, 0.4) is 0 Å². The summed E-state index contributed by atoms with van der Waals surface area (Å²) in [6.45, 7) is 3.48. The van der Waals surface area contributed by atoms with E-state index in [2.05, 4.69) is 9.97 Å². The third kappa shape index (κ3) is 3.53. The van der Waals surface area contributed by atoms with Crippen molar-refractivity contribution in [1.82, 2.24) is 9.97 Å². The minimum absolute atomic E-state index is 0.0433. The molecule has 0 aliphatic heterocycles. The van der Waals surface area contributed by atoms with Crippen LogP contribution in [0.2, 0.25) is 0 Å². The Labute approximate surface area is 96.0 Å². The number of hydrogen-bond donors (Lipinski definition) is 1. The number of sulfone groups is 1. The molecule has 0 aromatic carbocycles. The summed E-state index contributed by atoms with van der Waals surface area (Å²) in [7, 11) is -3.14. The highest BCUT2D eigenvalue weighted by atomic mass is 32.2. The number of nitrogens with zero attached hydrogens (tertiary/aromatic N) is 2. The Kier molecular flexibility index (Phi) is 3.98. The quantitative estimate of drug-likeness (QED) is 0.830. The van der Waals surface area contributed by atoms with E-state index in [0.717, 1.165) is 5.56 Å². The minimum atomic E-state index is -3.14. The van der Waals surface area contributed by atoms with Gasteiger partial charge < -0.3 is 5.73 Å². The number of nitrogens with two attached hydrogens (primary N) is 1. The lowest BCUT2D eigenvalue weighted by Crippen LogP contribution is -2.18. The fourth-order valence-corrected chi connectivity index (χ4v) is 1.75. The normalized spacial score (nSPS) is 15.8. The molecule has 5 nitrogen and oxygen atoms in total. The third-order valence-corrected chi connectivity index (χ3v) is 3.78. The van der Waals surface area contributed by atoms with E-state index in [0.29, 0.717) is 12.2 Å². The molecule has 1 heterocycles. The van der Waals surface area contributed by atoms with Crippen molar-refractivity contribution in [3.05, 3.63) is 23.8 Å². The van der Waals surface area contributed by atoms with Crippen molar-refractivity contribution in [3.8, 4) is 0 Å². The zero-order valence-electron chi connectivity index (χ0n) is 9.71. The van der Waals surface area contributed by atoms with Crippen molar-refractivity contribution in [1.29, 1.82) is 0 Å². The predicted molar refractivity (Wildman–Crippen MR) is 62.6 cm³/mol. The molecule has 16 heavy (non-hydrogen) atoms. The van der Waals surface area contributed by atoms with E-state index in [1.54, 1.807) is 19.3 Å². The van der Waals surface area contributed by atoms with Gasteiger partial charge in [0.25, 0.3) is 0 Å². The molecule has 0 aliphatic rings. The number of aromatic nitrogens is 2. The molecule has 0 fully saturated rings. The fraction of sp³-hybridized carbons (Fsp3) is 0.600. The molecular weight excluding hydrogens is 226 g/mol. The zero-order chi connectivity index (χ0) is 12.3. The van der Waals surface area contributed by atoms with Crippen molar-refractivity contribution >= 4 is 9.84 Å². The van der Waals surface area contributed by atoms with E-state index >= 15 is 0 Å². The maximum Gasteiger partial charge on any atom is 0.157 e. The van der Waals surface area contributed by atoms with Crippen molar-refractivity contribution < 1.29 is 8.42 Å². The summed E-state index contributed by atoms with van der Waals surface area (Å²) in [5.74, 6) is 0.330. The Morgan fingerprint density at radius 3 is 2.19 bits per heavy atom. The van der Waals surface area contributed by atoms with Crippen molar-refractivity contribution in [2.45, 2.75) is 31.6 Å². The highest BCUT2D eigenvalue weighted by Gasteiger charge is 2.19. The largest absolute Gasteiger partial charge is 0.328 e. The second-order valence-corrected chi connectivity index (χ2v) is 6.47. The monoisotopic (exact) mass is 243 g/mol. The average Bonchev–Trinajstić information content (AvgIpc) is 2.15. The fourth-order valence-electron chi connectivity index (χ4n) is 1.24. The topological polar surface area (TPSA) is 85.9 Å². The molecule has 2 N–H and O–H groups in total. The van der Waals surface area contributed by atoms with Crippen LogP contribution in [0.4, 0.5) is 0 Å². The van der Waals surface area contributed by atoms with E-state index in [1.165, 1.54) is 6.26 Å². The highest BCUT2D eigenvalue weighted by molar-refractivity contribution is 7.90. The molecule has 1 aromatic rings. The molecular formula is C10H17N3O2S. The molecule has 1 rings (SSSR count). The molecule has 0 spiro atoms. The van der Waals surface area contributed by atoms with Gasteiger partial charge in [-0.2, -0.15) is 0 Å². The summed E-state index contributed by atoms with van der Waals surface area (Å²) < 4.78 is 22.6. The summed E-state index contributed by atoms with van der Waals surface area (Å²) in [4.78, 5) is 8.10. The lowest BCUT2D eigenvalue weighted by molar-refractivity contribution is 0.589. The first kappa shape index (κ1) is 13.1. The lowest BCUT2D eigenvalue weighted by Gasteiger charge is -2.09. The number of hydrogen-bond acceptors (Lipinski definition) is 5. The molecule has 0 radical (unpaired) electrons. The van der Waals surface area contributed by atoms with E-state index in [1.807, 2.05) is 6.92 Å². The maximum atomic E-state index is 11.3.